The minimum absolute atomic E-state index is 0.0730. The molecular formula is C15H11BrN2O3. The molecule has 0 unspecified atom stereocenters. The lowest BCUT2D eigenvalue weighted by atomic mass is 10.1. The first-order chi connectivity index (χ1) is 10.1. The molecule has 2 rings (SSSR count). The average molecular weight is 347 g/mol. The van der Waals surface area contributed by atoms with Gasteiger partial charge in [-0.25, -0.2) is 0 Å². The number of rotatable bonds is 5. The van der Waals surface area contributed by atoms with E-state index < -0.39 is 4.92 Å². The van der Waals surface area contributed by atoms with Gasteiger partial charge in [0.1, 0.15) is 6.61 Å². The molecule has 0 N–H and O–H groups in total. The molecule has 2 aromatic carbocycles. The van der Waals surface area contributed by atoms with Crippen LogP contribution in [0.3, 0.4) is 0 Å². The maximum atomic E-state index is 11.0. The fourth-order valence-electron chi connectivity index (χ4n) is 1.80. The Morgan fingerprint density at radius 1 is 1.24 bits per heavy atom. The van der Waals surface area contributed by atoms with Gasteiger partial charge in [-0.1, -0.05) is 34.1 Å². The molecule has 0 spiro atoms. The highest BCUT2D eigenvalue weighted by molar-refractivity contribution is 9.08. The van der Waals surface area contributed by atoms with Crippen LogP contribution in [-0.2, 0) is 11.9 Å². The van der Waals surface area contributed by atoms with Crippen molar-refractivity contribution >= 4 is 21.6 Å². The monoisotopic (exact) mass is 346 g/mol. The SMILES string of the molecule is N#Cc1cccc(COc2cc(CBr)ccc2[N+](=O)[O-])c1. The van der Waals surface area contributed by atoms with Gasteiger partial charge in [0.05, 0.1) is 16.6 Å². The van der Waals surface area contributed by atoms with Crippen molar-refractivity contribution in [2.24, 2.45) is 0 Å². The lowest BCUT2D eigenvalue weighted by Crippen LogP contribution is -2.00. The Bertz CT molecular complexity index is 710. The van der Waals surface area contributed by atoms with Crippen LogP contribution in [0.25, 0.3) is 0 Å². The Labute approximate surface area is 130 Å². The Balaban J connectivity index is 2.22. The summed E-state index contributed by atoms with van der Waals surface area (Å²) in [7, 11) is 0. The highest BCUT2D eigenvalue weighted by Gasteiger charge is 2.15. The van der Waals surface area contributed by atoms with E-state index in [1.807, 2.05) is 6.07 Å². The zero-order chi connectivity index (χ0) is 15.2. The quantitative estimate of drug-likeness (QED) is 0.466. The summed E-state index contributed by atoms with van der Waals surface area (Å²) in [6.45, 7) is 0.169. The molecule has 0 aromatic heterocycles. The van der Waals surface area contributed by atoms with Crippen LogP contribution in [0.2, 0.25) is 0 Å². The number of halogens is 1. The number of hydrogen-bond donors (Lipinski definition) is 0. The number of benzene rings is 2. The molecule has 0 saturated carbocycles. The van der Waals surface area contributed by atoms with E-state index in [1.165, 1.54) is 6.07 Å². The predicted octanol–water partition coefficient (Wildman–Crippen LogP) is 3.94. The standard InChI is InChI=1S/C15H11BrN2O3/c16-8-11-4-5-14(18(19)20)15(7-11)21-10-13-3-1-2-12(6-13)9-17/h1-7H,8,10H2. The predicted molar refractivity (Wildman–Crippen MR) is 81.2 cm³/mol. The molecule has 0 aliphatic carbocycles. The molecule has 0 heterocycles. The van der Waals surface area contributed by atoms with Crippen molar-refractivity contribution in [2.75, 3.05) is 0 Å². The first-order valence-electron chi connectivity index (χ1n) is 6.09. The van der Waals surface area contributed by atoms with Crippen LogP contribution < -0.4 is 4.74 Å². The largest absolute Gasteiger partial charge is 0.482 e. The summed E-state index contributed by atoms with van der Waals surface area (Å²) in [6.07, 6.45) is 0. The smallest absolute Gasteiger partial charge is 0.310 e. The van der Waals surface area contributed by atoms with E-state index in [9.17, 15) is 10.1 Å². The number of nitro benzene ring substituents is 1. The normalized spacial score (nSPS) is 9.90. The molecule has 0 atom stereocenters. The van der Waals surface area contributed by atoms with Gasteiger partial charge in [-0.05, 0) is 29.3 Å². The molecule has 6 heteroatoms. The van der Waals surface area contributed by atoms with Crippen LogP contribution in [0.4, 0.5) is 5.69 Å². The minimum atomic E-state index is -0.473. The third-order valence-electron chi connectivity index (χ3n) is 2.83. The Morgan fingerprint density at radius 3 is 2.71 bits per heavy atom. The second-order valence-electron chi connectivity index (χ2n) is 4.29. The zero-order valence-electron chi connectivity index (χ0n) is 11.0. The molecule has 5 nitrogen and oxygen atoms in total. The third kappa shape index (κ3) is 3.80. The first-order valence-corrected chi connectivity index (χ1v) is 7.21. The number of nitriles is 1. The van der Waals surface area contributed by atoms with E-state index in [4.69, 9.17) is 10.00 Å². The van der Waals surface area contributed by atoms with Gasteiger partial charge in [-0.2, -0.15) is 5.26 Å². The van der Waals surface area contributed by atoms with E-state index in [-0.39, 0.29) is 18.0 Å². The molecule has 0 bridgehead atoms. The highest BCUT2D eigenvalue weighted by atomic mass is 79.9. The number of alkyl halides is 1. The topological polar surface area (TPSA) is 76.2 Å². The molecule has 0 radical (unpaired) electrons. The fraction of sp³-hybridized carbons (Fsp3) is 0.133. The van der Waals surface area contributed by atoms with Crippen molar-refractivity contribution in [3.63, 3.8) is 0 Å². The van der Waals surface area contributed by atoms with Crippen LogP contribution in [0, 0.1) is 21.4 Å². The summed E-state index contributed by atoms with van der Waals surface area (Å²) in [6, 6.07) is 13.7. The van der Waals surface area contributed by atoms with Gasteiger partial charge in [0.2, 0.25) is 0 Å². The van der Waals surface area contributed by atoms with Crippen LogP contribution in [0.5, 0.6) is 5.75 Å². The number of nitrogens with zero attached hydrogens (tertiary/aromatic N) is 2. The molecule has 0 amide bonds. The molecular weight excluding hydrogens is 336 g/mol. The summed E-state index contributed by atoms with van der Waals surface area (Å²) < 4.78 is 5.55. The van der Waals surface area contributed by atoms with Crippen LogP contribution in [0.15, 0.2) is 42.5 Å². The molecule has 0 saturated heterocycles. The van der Waals surface area contributed by atoms with Gasteiger partial charge in [0.25, 0.3) is 0 Å². The summed E-state index contributed by atoms with van der Waals surface area (Å²) in [5.74, 6) is 0.222. The summed E-state index contributed by atoms with van der Waals surface area (Å²) in [5.41, 5.74) is 2.13. The van der Waals surface area contributed by atoms with Crippen LogP contribution in [-0.4, -0.2) is 4.92 Å². The second-order valence-corrected chi connectivity index (χ2v) is 4.85. The van der Waals surface area contributed by atoms with Gasteiger partial charge in [-0.3, -0.25) is 10.1 Å². The van der Waals surface area contributed by atoms with Gasteiger partial charge < -0.3 is 4.74 Å². The fourth-order valence-corrected chi connectivity index (χ4v) is 2.15. The van der Waals surface area contributed by atoms with Gasteiger partial charge in [-0.15, -0.1) is 0 Å². The van der Waals surface area contributed by atoms with E-state index in [2.05, 4.69) is 15.9 Å². The Morgan fingerprint density at radius 2 is 2.05 bits per heavy atom. The van der Waals surface area contributed by atoms with Crippen molar-refractivity contribution in [1.82, 2.24) is 0 Å². The van der Waals surface area contributed by atoms with Crippen molar-refractivity contribution in [1.29, 1.82) is 5.26 Å². The summed E-state index contributed by atoms with van der Waals surface area (Å²) >= 11 is 3.31. The third-order valence-corrected chi connectivity index (χ3v) is 3.47. The molecule has 106 valence electrons. The molecule has 0 fully saturated rings. The maximum Gasteiger partial charge on any atom is 0.310 e. The van der Waals surface area contributed by atoms with Gasteiger partial charge in [0, 0.05) is 11.4 Å². The van der Waals surface area contributed by atoms with Crippen molar-refractivity contribution < 1.29 is 9.66 Å². The molecule has 2 aromatic rings. The van der Waals surface area contributed by atoms with Gasteiger partial charge in [0.15, 0.2) is 5.75 Å². The highest BCUT2D eigenvalue weighted by Crippen LogP contribution is 2.29. The summed E-state index contributed by atoms with van der Waals surface area (Å²) in [5, 5.41) is 20.4. The average Bonchev–Trinajstić information content (AvgIpc) is 2.52. The summed E-state index contributed by atoms with van der Waals surface area (Å²) in [4.78, 5) is 10.5. The molecule has 0 aliphatic rings. The van der Waals surface area contributed by atoms with E-state index >= 15 is 0 Å². The second kappa shape index (κ2) is 6.86. The van der Waals surface area contributed by atoms with E-state index in [0.717, 1.165) is 11.1 Å². The number of nitro groups is 1. The number of ether oxygens (including phenoxy) is 1. The van der Waals surface area contributed by atoms with Crippen molar-refractivity contribution in [3.8, 4) is 11.8 Å². The number of hydrogen-bond acceptors (Lipinski definition) is 4. The van der Waals surface area contributed by atoms with Crippen LogP contribution in [0.1, 0.15) is 16.7 Å². The Kier molecular flexibility index (Phi) is 4.90. The van der Waals surface area contributed by atoms with Gasteiger partial charge >= 0.3 is 5.69 Å². The van der Waals surface area contributed by atoms with Crippen molar-refractivity contribution in [2.45, 2.75) is 11.9 Å². The lowest BCUT2D eigenvalue weighted by molar-refractivity contribution is -0.386. The zero-order valence-corrected chi connectivity index (χ0v) is 12.5. The first kappa shape index (κ1) is 15.0. The van der Waals surface area contributed by atoms with E-state index in [1.54, 1.807) is 36.4 Å². The molecule has 21 heavy (non-hydrogen) atoms. The lowest BCUT2D eigenvalue weighted by Gasteiger charge is -2.08. The minimum Gasteiger partial charge on any atom is -0.482 e. The van der Waals surface area contributed by atoms with Crippen molar-refractivity contribution in [3.05, 3.63) is 69.3 Å². The maximum absolute atomic E-state index is 11.0. The Hall–Kier alpha value is -2.39. The van der Waals surface area contributed by atoms with E-state index in [0.29, 0.717) is 10.9 Å². The molecule has 0 aliphatic heterocycles. The van der Waals surface area contributed by atoms with Crippen LogP contribution >= 0.6 is 15.9 Å².